The Labute approximate surface area is 156 Å². The van der Waals surface area contributed by atoms with Crippen LogP contribution in [0.5, 0.6) is 0 Å². The normalized spacial score (nSPS) is 36.0. The average Bonchev–Trinajstić information content (AvgIpc) is 2.64. The lowest BCUT2D eigenvalue weighted by atomic mass is 9.76. The van der Waals surface area contributed by atoms with Gasteiger partial charge in [0.05, 0.1) is 18.3 Å². The molecular formula is C20H32N2O4. The maximum absolute atomic E-state index is 12.7. The number of nitrogens with one attached hydrogen (secondary N) is 1. The summed E-state index contributed by atoms with van der Waals surface area (Å²) >= 11 is 0. The number of ketones is 1. The third kappa shape index (κ3) is 4.83. The molecule has 0 spiro atoms. The fraction of sp³-hybridized carbons (Fsp3) is 0.850. The molecule has 6 heteroatoms. The molecule has 146 valence electrons. The first kappa shape index (κ1) is 20.9. The molecule has 7 atom stereocenters. The first-order chi connectivity index (χ1) is 12.4. The number of carbonyl (C=O) groups is 2. The Hall–Kier alpha value is -1.45. The van der Waals surface area contributed by atoms with Crippen LogP contribution < -0.4 is 5.32 Å². The van der Waals surface area contributed by atoms with E-state index < -0.39 is 17.6 Å². The second-order valence-corrected chi connectivity index (χ2v) is 8.07. The van der Waals surface area contributed by atoms with Crippen molar-refractivity contribution >= 4 is 11.7 Å². The Kier molecular flexibility index (Phi) is 7.60. The zero-order valence-electron chi connectivity index (χ0n) is 16.4. The van der Waals surface area contributed by atoms with Gasteiger partial charge >= 0.3 is 0 Å². The summed E-state index contributed by atoms with van der Waals surface area (Å²) in [4.78, 5) is 25.1. The van der Waals surface area contributed by atoms with Crippen LogP contribution in [0.15, 0.2) is 0 Å². The van der Waals surface area contributed by atoms with Gasteiger partial charge in [-0.1, -0.05) is 13.8 Å². The van der Waals surface area contributed by atoms with E-state index >= 15 is 0 Å². The number of hydrogen-bond acceptors (Lipinski definition) is 5. The van der Waals surface area contributed by atoms with E-state index in [0.29, 0.717) is 24.7 Å². The third-order valence-corrected chi connectivity index (χ3v) is 6.24. The monoisotopic (exact) mass is 364 g/mol. The van der Waals surface area contributed by atoms with Gasteiger partial charge in [0, 0.05) is 20.3 Å². The van der Waals surface area contributed by atoms with E-state index in [0.717, 1.165) is 25.7 Å². The maximum atomic E-state index is 12.7. The minimum Gasteiger partial charge on any atom is -0.379 e. The number of nitriles is 1. The van der Waals surface area contributed by atoms with Crippen molar-refractivity contribution in [1.82, 2.24) is 5.32 Å². The van der Waals surface area contributed by atoms with Gasteiger partial charge in [-0.25, -0.2) is 0 Å². The van der Waals surface area contributed by atoms with Crippen molar-refractivity contribution in [3.8, 4) is 6.07 Å². The first-order valence-corrected chi connectivity index (χ1v) is 9.71. The SMILES string of the molecule is COC1CCC([C@@H](C#N)C(=O)C(=O)NC2CCC(C)CC2C)CC1OC. The molecule has 0 saturated heterocycles. The Morgan fingerprint density at radius 3 is 2.31 bits per heavy atom. The van der Waals surface area contributed by atoms with Crippen LogP contribution in [0.3, 0.4) is 0 Å². The highest BCUT2D eigenvalue weighted by Gasteiger charge is 2.40. The van der Waals surface area contributed by atoms with Crippen molar-refractivity contribution in [2.24, 2.45) is 23.7 Å². The number of carbonyl (C=O) groups excluding carboxylic acids is 2. The van der Waals surface area contributed by atoms with Crippen LogP contribution in [0, 0.1) is 35.0 Å². The van der Waals surface area contributed by atoms with Gasteiger partial charge in [0.1, 0.15) is 5.92 Å². The van der Waals surface area contributed by atoms with Crippen LogP contribution in [0.25, 0.3) is 0 Å². The van der Waals surface area contributed by atoms with E-state index in [1.54, 1.807) is 14.2 Å². The Bertz CT molecular complexity index is 544. The topological polar surface area (TPSA) is 88.4 Å². The fourth-order valence-electron chi connectivity index (χ4n) is 4.59. The van der Waals surface area contributed by atoms with Crippen LogP contribution in [0.1, 0.15) is 52.4 Å². The number of nitrogens with zero attached hydrogens (tertiary/aromatic N) is 1. The van der Waals surface area contributed by atoms with Gasteiger partial charge in [0.2, 0.25) is 5.78 Å². The van der Waals surface area contributed by atoms with E-state index in [-0.39, 0.29) is 24.2 Å². The minimum absolute atomic E-state index is 0.0235. The van der Waals surface area contributed by atoms with Crippen molar-refractivity contribution in [3.63, 3.8) is 0 Å². The summed E-state index contributed by atoms with van der Waals surface area (Å²) in [6, 6.07) is 2.10. The summed E-state index contributed by atoms with van der Waals surface area (Å²) in [5.74, 6) is -1.28. The molecule has 0 bridgehead atoms. The molecule has 2 aliphatic carbocycles. The standard InChI is InChI=1S/C20H32N2O4/c1-12-5-7-16(13(2)9-12)22-20(24)19(23)15(11-21)14-6-8-17(25-3)18(10-14)26-4/h12-18H,5-10H2,1-4H3,(H,22,24)/t12?,13?,14?,15-,16?,17?,18?/m1/s1. The van der Waals surface area contributed by atoms with Crippen LogP contribution >= 0.6 is 0 Å². The van der Waals surface area contributed by atoms with E-state index in [1.807, 2.05) is 0 Å². The van der Waals surface area contributed by atoms with E-state index in [4.69, 9.17) is 9.47 Å². The highest BCUT2D eigenvalue weighted by Crippen LogP contribution is 2.34. The van der Waals surface area contributed by atoms with Gasteiger partial charge in [-0.05, 0) is 56.3 Å². The smallest absolute Gasteiger partial charge is 0.289 e. The lowest BCUT2D eigenvalue weighted by molar-refractivity contribution is -0.142. The third-order valence-electron chi connectivity index (χ3n) is 6.24. The van der Waals surface area contributed by atoms with Gasteiger partial charge in [-0.2, -0.15) is 5.26 Å². The van der Waals surface area contributed by atoms with E-state index in [9.17, 15) is 14.9 Å². The molecule has 6 nitrogen and oxygen atoms in total. The molecule has 2 aliphatic rings. The average molecular weight is 364 g/mol. The molecule has 0 heterocycles. The van der Waals surface area contributed by atoms with Crippen molar-refractivity contribution < 1.29 is 19.1 Å². The van der Waals surface area contributed by atoms with Gasteiger partial charge in [0.15, 0.2) is 0 Å². The molecule has 6 unspecified atom stereocenters. The number of amides is 1. The van der Waals surface area contributed by atoms with Crippen molar-refractivity contribution in [1.29, 1.82) is 5.26 Å². The number of methoxy groups -OCH3 is 2. The van der Waals surface area contributed by atoms with Crippen LogP contribution in [-0.2, 0) is 19.1 Å². The second kappa shape index (κ2) is 9.48. The van der Waals surface area contributed by atoms with Gasteiger partial charge in [-0.15, -0.1) is 0 Å². The molecule has 0 aliphatic heterocycles. The minimum atomic E-state index is -0.914. The molecule has 1 N–H and O–H groups in total. The molecule has 2 rings (SSSR count). The van der Waals surface area contributed by atoms with Crippen LogP contribution in [0.4, 0.5) is 0 Å². The Morgan fingerprint density at radius 1 is 1.04 bits per heavy atom. The molecule has 0 aromatic heterocycles. The van der Waals surface area contributed by atoms with Crippen LogP contribution in [0.2, 0.25) is 0 Å². The molecule has 26 heavy (non-hydrogen) atoms. The summed E-state index contributed by atoms with van der Waals surface area (Å²) in [5, 5.41) is 12.4. The van der Waals surface area contributed by atoms with Crippen LogP contribution in [-0.4, -0.2) is 44.2 Å². The first-order valence-electron chi connectivity index (χ1n) is 9.71. The number of ether oxygens (including phenoxy) is 2. The Balaban J connectivity index is 1.97. The molecule has 2 saturated carbocycles. The highest BCUT2D eigenvalue weighted by atomic mass is 16.5. The van der Waals surface area contributed by atoms with Crippen molar-refractivity contribution in [2.75, 3.05) is 14.2 Å². The zero-order chi connectivity index (χ0) is 19.3. The quantitative estimate of drug-likeness (QED) is 0.732. The maximum Gasteiger partial charge on any atom is 0.289 e. The number of Topliss-reactive ketones (excluding diaryl/α,β-unsaturated/α-hetero) is 1. The fourth-order valence-corrected chi connectivity index (χ4v) is 4.59. The van der Waals surface area contributed by atoms with E-state index in [1.165, 1.54) is 0 Å². The molecule has 0 aromatic carbocycles. The molecule has 1 amide bonds. The summed E-state index contributed by atoms with van der Waals surface area (Å²) in [7, 11) is 3.25. The highest BCUT2D eigenvalue weighted by molar-refractivity contribution is 6.37. The molecular weight excluding hydrogens is 332 g/mol. The lowest BCUT2D eigenvalue weighted by Crippen LogP contribution is -2.48. The van der Waals surface area contributed by atoms with Gasteiger partial charge in [0.25, 0.3) is 5.91 Å². The largest absolute Gasteiger partial charge is 0.379 e. The van der Waals surface area contributed by atoms with E-state index in [2.05, 4.69) is 25.2 Å². The Morgan fingerprint density at radius 2 is 1.73 bits per heavy atom. The summed E-state index contributed by atoms with van der Waals surface area (Å²) < 4.78 is 10.9. The molecule has 0 radical (unpaired) electrons. The van der Waals surface area contributed by atoms with Crippen molar-refractivity contribution in [2.45, 2.75) is 70.6 Å². The van der Waals surface area contributed by atoms with Gasteiger partial charge in [-0.3, -0.25) is 9.59 Å². The second-order valence-electron chi connectivity index (χ2n) is 8.07. The number of rotatable bonds is 6. The lowest BCUT2D eigenvalue weighted by Gasteiger charge is -2.36. The molecule has 2 fully saturated rings. The number of hydrogen-bond donors (Lipinski definition) is 1. The summed E-state index contributed by atoms with van der Waals surface area (Å²) in [5.41, 5.74) is 0. The predicted octanol–water partition coefficient (Wildman–Crippen LogP) is 2.47. The molecule has 0 aromatic rings. The summed E-state index contributed by atoms with van der Waals surface area (Å²) in [6.07, 6.45) is 4.80. The predicted molar refractivity (Wildman–Crippen MR) is 97.2 cm³/mol. The van der Waals surface area contributed by atoms with Gasteiger partial charge < -0.3 is 14.8 Å². The van der Waals surface area contributed by atoms with Crippen molar-refractivity contribution in [3.05, 3.63) is 0 Å². The summed E-state index contributed by atoms with van der Waals surface area (Å²) in [6.45, 7) is 4.33. The zero-order valence-corrected chi connectivity index (χ0v) is 16.4.